The zero-order valence-electron chi connectivity index (χ0n) is 15.4. The largest absolute Gasteiger partial charge is 0.493 e. The summed E-state index contributed by atoms with van der Waals surface area (Å²) in [7, 11) is 5.85. The Kier molecular flexibility index (Phi) is 4.46. The van der Waals surface area contributed by atoms with Crippen molar-refractivity contribution in [2.24, 2.45) is 23.7 Å². The molecule has 24 heavy (non-hydrogen) atoms. The first kappa shape index (κ1) is 16.3. The highest BCUT2D eigenvalue weighted by molar-refractivity contribution is 5.42. The number of nitrogens with one attached hydrogen (secondary N) is 1. The second kappa shape index (κ2) is 6.59. The standard InChI is InChI=1S/C21H31NO2/c1-22(7-6-14-4-5-19(23-2)20(13-14)24-3)21-17-9-15-8-16(11-17)12-18(21)10-15/h4-5,13,15-18,21H,6-12H2,1-3H3/p+1. The van der Waals surface area contributed by atoms with E-state index >= 15 is 0 Å². The van der Waals surface area contributed by atoms with E-state index in [9.17, 15) is 0 Å². The van der Waals surface area contributed by atoms with Gasteiger partial charge in [0.05, 0.1) is 33.9 Å². The van der Waals surface area contributed by atoms with Gasteiger partial charge in [-0.1, -0.05) is 6.07 Å². The molecule has 1 N–H and O–H groups in total. The van der Waals surface area contributed by atoms with Crippen molar-refractivity contribution in [3.05, 3.63) is 23.8 Å². The van der Waals surface area contributed by atoms with Crippen LogP contribution in [0.4, 0.5) is 0 Å². The summed E-state index contributed by atoms with van der Waals surface area (Å²) in [6.07, 6.45) is 8.74. The molecule has 3 nitrogen and oxygen atoms in total. The van der Waals surface area contributed by atoms with E-state index in [1.165, 1.54) is 37.8 Å². The molecule has 0 radical (unpaired) electrons. The minimum Gasteiger partial charge on any atom is -0.493 e. The first-order chi connectivity index (χ1) is 11.7. The predicted molar refractivity (Wildman–Crippen MR) is 95.8 cm³/mol. The van der Waals surface area contributed by atoms with Crippen molar-refractivity contribution in [1.82, 2.24) is 0 Å². The van der Waals surface area contributed by atoms with Gasteiger partial charge >= 0.3 is 0 Å². The van der Waals surface area contributed by atoms with Gasteiger partial charge in [-0.3, -0.25) is 0 Å². The maximum atomic E-state index is 5.45. The van der Waals surface area contributed by atoms with Gasteiger partial charge in [-0.2, -0.15) is 0 Å². The monoisotopic (exact) mass is 330 g/mol. The first-order valence-corrected chi connectivity index (χ1v) is 9.71. The van der Waals surface area contributed by atoms with Crippen LogP contribution in [-0.4, -0.2) is 33.9 Å². The Labute approximate surface area is 146 Å². The summed E-state index contributed by atoms with van der Waals surface area (Å²) < 4.78 is 10.8. The van der Waals surface area contributed by atoms with Gasteiger partial charge in [0, 0.05) is 18.3 Å². The van der Waals surface area contributed by atoms with Crippen LogP contribution in [0.15, 0.2) is 18.2 Å². The molecule has 0 amide bonds. The van der Waals surface area contributed by atoms with Crippen LogP contribution < -0.4 is 14.4 Å². The van der Waals surface area contributed by atoms with Gasteiger partial charge in [0.2, 0.25) is 0 Å². The molecular formula is C21H32NO2+. The number of rotatable bonds is 6. The summed E-state index contributed by atoms with van der Waals surface area (Å²) in [5.41, 5.74) is 1.36. The Bertz CT molecular complexity index is 557. The van der Waals surface area contributed by atoms with E-state index in [0.29, 0.717) is 0 Å². The Hall–Kier alpha value is -1.22. The van der Waals surface area contributed by atoms with Crippen LogP contribution in [0.5, 0.6) is 11.5 Å². The highest BCUT2D eigenvalue weighted by atomic mass is 16.5. The fraction of sp³-hybridized carbons (Fsp3) is 0.714. The Morgan fingerprint density at radius 2 is 1.54 bits per heavy atom. The Morgan fingerprint density at radius 1 is 0.917 bits per heavy atom. The zero-order valence-corrected chi connectivity index (χ0v) is 15.4. The van der Waals surface area contributed by atoms with Gasteiger partial charge < -0.3 is 14.4 Å². The van der Waals surface area contributed by atoms with Crippen LogP contribution in [0.2, 0.25) is 0 Å². The topological polar surface area (TPSA) is 22.9 Å². The van der Waals surface area contributed by atoms with E-state index in [4.69, 9.17) is 9.47 Å². The van der Waals surface area contributed by atoms with E-state index in [2.05, 4.69) is 19.2 Å². The second-order valence-corrected chi connectivity index (χ2v) is 8.49. The number of hydrogen-bond donors (Lipinski definition) is 1. The smallest absolute Gasteiger partial charge is 0.160 e. The third kappa shape index (κ3) is 2.92. The third-order valence-corrected chi connectivity index (χ3v) is 7.05. The summed E-state index contributed by atoms with van der Waals surface area (Å²) in [4.78, 5) is 1.76. The van der Waals surface area contributed by atoms with E-state index in [1.807, 2.05) is 6.07 Å². The van der Waals surface area contributed by atoms with Crippen molar-refractivity contribution in [2.45, 2.75) is 44.6 Å². The van der Waals surface area contributed by atoms with Gasteiger partial charge in [0.15, 0.2) is 11.5 Å². The third-order valence-electron chi connectivity index (χ3n) is 7.05. The van der Waals surface area contributed by atoms with Gasteiger partial charge in [-0.15, -0.1) is 0 Å². The normalized spacial score (nSPS) is 35.0. The minimum absolute atomic E-state index is 0.822. The summed E-state index contributed by atoms with van der Waals surface area (Å²) in [6.45, 7) is 1.22. The molecule has 0 heterocycles. The molecule has 0 spiro atoms. The predicted octanol–water partition coefficient (Wildman–Crippen LogP) is 2.59. The molecule has 4 aliphatic carbocycles. The van der Waals surface area contributed by atoms with Gasteiger partial charge in [0.1, 0.15) is 0 Å². The molecule has 4 bridgehead atoms. The lowest BCUT2D eigenvalue weighted by Gasteiger charge is -2.54. The molecule has 4 aliphatic rings. The fourth-order valence-corrected chi connectivity index (χ4v) is 6.27. The summed E-state index contributed by atoms with van der Waals surface area (Å²) in [5.74, 6) is 5.83. The van der Waals surface area contributed by atoms with Crippen molar-refractivity contribution in [3.8, 4) is 11.5 Å². The van der Waals surface area contributed by atoms with Crippen molar-refractivity contribution in [3.63, 3.8) is 0 Å². The summed E-state index contributed by atoms with van der Waals surface area (Å²) in [6, 6.07) is 7.28. The highest BCUT2D eigenvalue weighted by Gasteiger charge is 2.51. The average Bonchev–Trinajstić information content (AvgIpc) is 2.58. The molecule has 0 aliphatic heterocycles. The molecule has 4 saturated carbocycles. The van der Waals surface area contributed by atoms with Crippen LogP contribution in [0.3, 0.4) is 0 Å². The highest BCUT2D eigenvalue weighted by Crippen LogP contribution is 2.52. The SMILES string of the molecule is COc1ccc(CC[NH+](C)C2C3CC4CC(C3)CC2C4)cc1OC. The average molecular weight is 330 g/mol. The van der Waals surface area contributed by atoms with Crippen molar-refractivity contribution in [2.75, 3.05) is 27.8 Å². The number of likely N-dealkylation sites (N-methyl/N-ethyl adjacent to an activating group) is 1. The van der Waals surface area contributed by atoms with Gasteiger partial charge in [-0.05, 0) is 61.6 Å². The number of methoxy groups -OCH3 is 2. The van der Waals surface area contributed by atoms with Crippen LogP contribution >= 0.6 is 0 Å². The second-order valence-electron chi connectivity index (χ2n) is 8.49. The van der Waals surface area contributed by atoms with Crippen LogP contribution in [0, 0.1) is 23.7 Å². The molecule has 3 heteroatoms. The van der Waals surface area contributed by atoms with Gasteiger partial charge in [-0.25, -0.2) is 0 Å². The number of quaternary nitrogens is 1. The summed E-state index contributed by atoms with van der Waals surface area (Å²) >= 11 is 0. The van der Waals surface area contributed by atoms with Crippen molar-refractivity contribution < 1.29 is 14.4 Å². The Morgan fingerprint density at radius 3 is 2.12 bits per heavy atom. The maximum absolute atomic E-state index is 5.45. The van der Waals surface area contributed by atoms with Gasteiger partial charge in [0.25, 0.3) is 0 Å². The molecule has 1 aromatic carbocycles. The fourth-order valence-electron chi connectivity index (χ4n) is 6.27. The zero-order chi connectivity index (χ0) is 16.7. The molecule has 0 aromatic heterocycles. The lowest BCUT2D eigenvalue weighted by atomic mass is 9.54. The van der Waals surface area contributed by atoms with E-state index in [-0.39, 0.29) is 0 Å². The number of ether oxygens (including phenoxy) is 2. The number of benzene rings is 1. The quantitative estimate of drug-likeness (QED) is 0.866. The lowest BCUT2D eigenvalue weighted by molar-refractivity contribution is -0.917. The van der Waals surface area contributed by atoms with Crippen LogP contribution in [-0.2, 0) is 6.42 Å². The summed E-state index contributed by atoms with van der Waals surface area (Å²) in [5, 5.41) is 0. The Balaban J connectivity index is 1.39. The molecule has 1 atom stereocenters. The molecule has 5 rings (SSSR count). The minimum atomic E-state index is 0.822. The number of hydrogen-bond acceptors (Lipinski definition) is 2. The van der Waals surface area contributed by atoms with Crippen molar-refractivity contribution >= 4 is 0 Å². The molecule has 1 unspecified atom stereocenters. The van der Waals surface area contributed by atoms with Crippen LogP contribution in [0.25, 0.3) is 0 Å². The molecule has 132 valence electrons. The molecule has 1 aromatic rings. The maximum Gasteiger partial charge on any atom is 0.160 e. The lowest BCUT2D eigenvalue weighted by Crippen LogP contribution is -3.15. The van der Waals surface area contributed by atoms with E-state index < -0.39 is 0 Å². The van der Waals surface area contributed by atoms with Crippen LogP contribution in [0.1, 0.15) is 37.7 Å². The van der Waals surface area contributed by atoms with Crippen molar-refractivity contribution in [1.29, 1.82) is 0 Å². The van der Waals surface area contributed by atoms with E-state index in [0.717, 1.165) is 47.6 Å². The molecule has 0 saturated heterocycles. The molecular weight excluding hydrogens is 298 g/mol. The van der Waals surface area contributed by atoms with E-state index in [1.54, 1.807) is 25.5 Å². The molecule has 4 fully saturated rings. The first-order valence-electron chi connectivity index (χ1n) is 9.71.